The summed E-state index contributed by atoms with van der Waals surface area (Å²) in [6.45, 7) is 0.716. The third-order valence-corrected chi connectivity index (χ3v) is 3.48. The molecule has 1 fully saturated rings. The Balaban J connectivity index is 2.06. The van der Waals surface area contributed by atoms with Crippen molar-refractivity contribution in [1.82, 2.24) is 4.90 Å². The lowest BCUT2D eigenvalue weighted by atomic mass is 10.0. The summed E-state index contributed by atoms with van der Waals surface area (Å²) < 4.78 is 14.0. The minimum atomic E-state index is -0.973. The van der Waals surface area contributed by atoms with Gasteiger partial charge in [-0.25, -0.2) is 9.18 Å². The predicted molar refractivity (Wildman–Crippen MR) is 73.7 cm³/mol. The number of nitrogen functional groups attached to an aromatic ring is 1. The predicted octanol–water partition coefficient (Wildman–Crippen LogP) is 1.87. The molecule has 8 nitrogen and oxygen atoms in total. The van der Waals surface area contributed by atoms with Gasteiger partial charge in [0.15, 0.2) is 5.82 Å². The number of likely N-dealkylation sites (tertiary alicyclic amines) is 1. The largest absolute Gasteiger partial charge is 0.465 e. The number of anilines is 2. The van der Waals surface area contributed by atoms with Crippen molar-refractivity contribution in [3.8, 4) is 0 Å². The van der Waals surface area contributed by atoms with Crippen LogP contribution in [0.1, 0.15) is 12.8 Å². The van der Waals surface area contributed by atoms with Gasteiger partial charge in [0.1, 0.15) is 5.69 Å². The third kappa shape index (κ3) is 3.12. The molecule has 1 saturated heterocycles. The van der Waals surface area contributed by atoms with Gasteiger partial charge in [-0.15, -0.1) is 0 Å². The molecule has 1 amide bonds. The Kier molecular flexibility index (Phi) is 4.10. The van der Waals surface area contributed by atoms with Crippen molar-refractivity contribution in [1.29, 1.82) is 0 Å². The average molecular weight is 298 g/mol. The normalized spacial score (nSPS) is 15.8. The van der Waals surface area contributed by atoms with Crippen molar-refractivity contribution in [3.63, 3.8) is 0 Å². The minimum Gasteiger partial charge on any atom is -0.465 e. The fourth-order valence-electron chi connectivity index (χ4n) is 2.29. The van der Waals surface area contributed by atoms with Crippen LogP contribution in [0.15, 0.2) is 12.1 Å². The number of rotatable bonds is 3. The molecular weight excluding hydrogens is 283 g/mol. The third-order valence-electron chi connectivity index (χ3n) is 3.48. The van der Waals surface area contributed by atoms with E-state index < -0.39 is 28.2 Å². The molecule has 0 saturated carbocycles. The van der Waals surface area contributed by atoms with E-state index in [0.717, 1.165) is 6.07 Å². The summed E-state index contributed by atoms with van der Waals surface area (Å²) in [6.07, 6.45) is 0.0878. The molecule has 0 atom stereocenters. The molecule has 1 aromatic carbocycles. The van der Waals surface area contributed by atoms with E-state index in [-0.39, 0.29) is 11.7 Å². The van der Waals surface area contributed by atoms with Crippen LogP contribution in [-0.4, -0.2) is 40.2 Å². The molecular formula is C12H15FN4O4. The summed E-state index contributed by atoms with van der Waals surface area (Å²) in [5.74, 6) is -0.857. The molecule has 0 radical (unpaired) electrons. The van der Waals surface area contributed by atoms with Gasteiger partial charge < -0.3 is 21.1 Å². The molecule has 2 rings (SSSR count). The highest BCUT2D eigenvalue weighted by atomic mass is 19.1. The van der Waals surface area contributed by atoms with E-state index in [1.54, 1.807) is 0 Å². The van der Waals surface area contributed by atoms with Crippen LogP contribution in [0.2, 0.25) is 0 Å². The number of carbonyl (C=O) groups is 1. The zero-order valence-corrected chi connectivity index (χ0v) is 11.1. The van der Waals surface area contributed by atoms with Gasteiger partial charge in [0, 0.05) is 25.2 Å². The summed E-state index contributed by atoms with van der Waals surface area (Å²) in [5.41, 5.74) is 4.52. The van der Waals surface area contributed by atoms with Gasteiger partial charge >= 0.3 is 6.09 Å². The lowest BCUT2D eigenvalue weighted by Crippen LogP contribution is -2.41. The quantitative estimate of drug-likeness (QED) is 0.445. The highest BCUT2D eigenvalue weighted by molar-refractivity contribution is 5.68. The lowest BCUT2D eigenvalue weighted by Gasteiger charge is -2.31. The number of hydrogen-bond acceptors (Lipinski definition) is 5. The van der Waals surface area contributed by atoms with Crippen LogP contribution in [-0.2, 0) is 0 Å². The molecule has 114 valence electrons. The second-order valence-corrected chi connectivity index (χ2v) is 4.81. The number of piperidine rings is 1. The number of halogens is 1. The zero-order chi connectivity index (χ0) is 15.6. The van der Waals surface area contributed by atoms with Gasteiger partial charge in [-0.2, -0.15) is 0 Å². The highest BCUT2D eigenvalue weighted by Crippen LogP contribution is 2.30. The van der Waals surface area contributed by atoms with Gasteiger partial charge in [-0.3, -0.25) is 10.1 Å². The van der Waals surface area contributed by atoms with Gasteiger partial charge in [0.05, 0.1) is 10.6 Å². The minimum absolute atomic E-state index is 0.0897. The maximum absolute atomic E-state index is 14.0. The summed E-state index contributed by atoms with van der Waals surface area (Å²) in [5, 5.41) is 22.4. The molecule has 1 heterocycles. The number of nitrogens with two attached hydrogens (primary N) is 1. The molecule has 21 heavy (non-hydrogen) atoms. The topological polar surface area (TPSA) is 122 Å². The fraction of sp³-hybridized carbons (Fsp3) is 0.417. The van der Waals surface area contributed by atoms with Crippen LogP contribution in [0.25, 0.3) is 0 Å². The molecule has 1 aliphatic heterocycles. The second kappa shape index (κ2) is 5.81. The maximum atomic E-state index is 14.0. The Morgan fingerprint density at radius 1 is 1.48 bits per heavy atom. The number of hydrogen-bond donors (Lipinski definition) is 3. The monoisotopic (exact) mass is 298 g/mol. The molecule has 0 aromatic heterocycles. The summed E-state index contributed by atoms with van der Waals surface area (Å²) in [7, 11) is 0. The number of nitro benzene ring substituents is 1. The SMILES string of the molecule is Nc1c([N+](=O)[O-])ccc(NC2CCN(C(=O)O)CC2)c1F. The van der Waals surface area contributed by atoms with Crippen molar-refractivity contribution in [2.75, 3.05) is 24.1 Å². The molecule has 1 aliphatic rings. The van der Waals surface area contributed by atoms with Crippen molar-refractivity contribution < 1.29 is 19.2 Å². The van der Waals surface area contributed by atoms with E-state index in [1.165, 1.54) is 11.0 Å². The first-order chi connectivity index (χ1) is 9.90. The van der Waals surface area contributed by atoms with E-state index in [0.29, 0.717) is 25.9 Å². The van der Waals surface area contributed by atoms with Crippen LogP contribution in [0, 0.1) is 15.9 Å². The number of carboxylic acid groups (broad SMARTS) is 1. The van der Waals surface area contributed by atoms with E-state index in [2.05, 4.69) is 5.32 Å². The van der Waals surface area contributed by atoms with E-state index in [1.807, 2.05) is 0 Å². The second-order valence-electron chi connectivity index (χ2n) is 4.81. The molecule has 1 aromatic rings. The van der Waals surface area contributed by atoms with Crippen LogP contribution < -0.4 is 11.1 Å². The van der Waals surface area contributed by atoms with Gasteiger partial charge in [0.25, 0.3) is 5.69 Å². The van der Waals surface area contributed by atoms with Crippen LogP contribution in [0.3, 0.4) is 0 Å². The number of nitro groups is 1. The number of amides is 1. The van der Waals surface area contributed by atoms with Gasteiger partial charge in [-0.1, -0.05) is 0 Å². The molecule has 0 spiro atoms. The van der Waals surface area contributed by atoms with E-state index in [9.17, 15) is 19.3 Å². The van der Waals surface area contributed by atoms with Gasteiger partial charge in [0.2, 0.25) is 0 Å². The summed E-state index contributed by atoms with van der Waals surface area (Å²) in [4.78, 5) is 22.0. The summed E-state index contributed by atoms with van der Waals surface area (Å²) in [6, 6.07) is 2.32. The Labute approximate surface area is 119 Å². The van der Waals surface area contributed by atoms with E-state index >= 15 is 0 Å². The first-order valence-corrected chi connectivity index (χ1v) is 6.37. The Morgan fingerprint density at radius 3 is 2.62 bits per heavy atom. The molecule has 4 N–H and O–H groups in total. The summed E-state index contributed by atoms with van der Waals surface area (Å²) >= 11 is 0. The molecule has 0 aliphatic carbocycles. The Hall–Kier alpha value is -2.58. The standard InChI is InChI=1S/C12H15FN4O4/c13-10-8(1-2-9(11(10)14)17(20)21)15-7-3-5-16(6-4-7)12(18)19/h1-2,7,15H,3-6,14H2,(H,18,19). The average Bonchev–Trinajstić information content (AvgIpc) is 2.44. The van der Waals surface area contributed by atoms with Crippen LogP contribution in [0.4, 0.5) is 26.2 Å². The van der Waals surface area contributed by atoms with Crippen LogP contribution in [0.5, 0.6) is 0 Å². The zero-order valence-electron chi connectivity index (χ0n) is 11.1. The van der Waals surface area contributed by atoms with Crippen molar-refractivity contribution in [2.24, 2.45) is 0 Å². The number of benzene rings is 1. The number of nitrogens with one attached hydrogen (secondary N) is 1. The first-order valence-electron chi connectivity index (χ1n) is 6.37. The fourth-order valence-corrected chi connectivity index (χ4v) is 2.29. The molecule has 0 unspecified atom stereocenters. The van der Waals surface area contributed by atoms with Crippen molar-refractivity contribution in [2.45, 2.75) is 18.9 Å². The molecule has 0 bridgehead atoms. The Bertz CT molecular complexity index is 573. The first kappa shape index (κ1) is 14.8. The molecule has 9 heteroatoms. The lowest BCUT2D eigenvalue weighted by molar-refractivity contribution is -0.384. The smallest absolute Gasteiger partial charge is 0.407 e. The Morgan fingerprint density at radius 2 is 2.10 bits per heavy atom. The maximum Gasteiger partial charge on any atom is 0.407 e. The van der Waals surface area contributed by atoms with Crippen molar-refractivity contribution in [3.05, 3.63) is 28.1 Å². The highest BCUT2D eigenvalue weighted by Gasteiger charge is 2.24. The van der Waals surface area contributed by atoms with Gasteiger partial charge in [-0.05, 0) is 18.9 Å². The van der Waals surface area contributed by atoms with Crippen LogP contribution >= 0.6 is 0 Å². The number of nitrogens with zero attached hydrogens (tertiary/aromatic N) is 2. The van der Waals surface area contributed by atoms with E-state index in [4.69, 9.17) is 10.8 Å². The van der Waals surface area contributed by atoms with Crippen molar-refractivity contribution >= 4 is 23.2 Å².